The van der Waals surface area contributed by atoms with E-state index in [1.54, 1.807) is 6.20 Å². The minimum Gasteiger partial charge on any atom is -0.466 e. The van der Waals surface area contributed by atoms with Gasteiger partial charge in [0.2, 0.25) is 0 Å². The fraction of sp³-hybridized carbons (Fsp3) is 0.571. The van der Waals surface area contributed by atoms with Crippen LogP contribution >= 0.6 is 0 Å². The molecule has 0 unspecified atom stereocenters. The Bertz CT molecular complexity index is 439. The summed E-state index contributed by atoms with van der Waals surface area (Å²) in [6.45, 7) is 4.46. The lowest BCUT2D eigenvalue weighted by atomic mass is 9.98. The van der Waals surface area contributed by atoms with Crippen LogP contribution in [-0.2, 0) is 16.1 Å². The second-order valence-electron chi connectivity index (χ2n) is 4.84. The zero-order valence-electron chi connectivity index (χ0n) is 11.1. The molecule has 0 radical (unpaired) electrons. The molecule has 1 fully saturated rings. The lowest BCUT2D eigenvalue weighted by molar-refractivity contribution is -0.150. The first kappa shape index (κ1) is 13.9. The van der Waals surface area contributed by atoms with Gasteiger partial charge < -0.3 is 4.74 Å². The van der Waals surface area contributed by atoms with Crippen molar-refractivity contribution in [2.75, 3.05) is 19.7 Å². The summed E-state index contributed by atoms with van der Waals surface area (Å²) in [5.41, 5.74) is 0.838. The van der Waals surface area contributed by atoms with Crippen molar-refractivity contribution in [1.82, 2.24) is 9.88 Å². The molecule has 4 nitrogen and oxygen atoms in total. The van der Waals surface area contributed by atoms with Crippen LogP contribution in [0.5, 0.6) is 0 Å². The Morgan fingerprint density at radius 1 is 1.58 bits per heavy atom. The summed E-state index contributed by atoms with van der Waals surface area (Å²) in [5.74, 6) is -0.503. The number of esters is 1. The van der Waals surface area contributed by atoms with Gasteiger partial charge in [-0.05, 0) is 37.9 Å². The summed E-state index contributed by atoms with van der Waals surface area (Å²) in [4.78, 5) is 17.7. The average molecular weight is 266 g/mol. The fourth-order valence-corrected chi connectivity index (χ4v) is 2.45. The predicted octanol–water partition coefficient (Wildman–Crippen LogP) is 2.00. The fourth-order valence-electron chi connectivity index (χ4n) is 2.45. The van der Waals surface area contributed by atoms with Gasteiger partial charge in [0.15, 0.2) is 0 Å². The van der Waals surface area contributed by atoms with Gasteiger partial charge in [-0.25, -0.2) is 4.39 Å². The molecule has 2 heterocycles. The number of nitrogens with zero attached hydrogens (tertiary/aromatic N) is 2. The molecule has 19 heavy (non-hydrogen) atoms. The van der Waals surface area contributed by atoms with Crippen LogP contribution in [-0.4, -0.2) is 35.5 Å². The molecule has 0 saturated carbocycles. The number of carbonyl (C=O) groups is 1. The maximum Gasteiger partial charge on any atom is 0.310 e. The Balaban J connectivity index is 1.92. The summed E-state index contributed by atoms with van der Waals surface area (Å²) in [5, 5.41) is 0. The molecule has 2 rings (SSSR count). The van der Waals surface area contributed by atoms with E-state index in [0.29, 0.717) is 19.7 Å². The Morgan fingerprint density at radius 3 is 3.16 bits per heavy atom. The van der Waals surface area contributed by atoms with Crippen LogP contribution in [0.25, 0.3) is 0 Å². The maximum atomic E-state index is 13.1. The first-order valence-electron chi connectivity index (χ1n) is 6.67. The van der Waals surface area contributed by atoms with Crippen LogP contribution in [0.1, 0.15) is 25.3 Å². The summed E-state index contributed by atoms with van der Waals surface area (Å²) in [7, 11) is 0. The highest BCUT2D eigenvalue weighted by atomic mass is 19.1. The molecular formula is C14H19FN2O2. The average Bonchev–Trinajstić information content (AvgIpc) is 2.39. The van der Waals surface area contributed by atoms with Gasteiger partial charge >= 0.3 is 5.97 Å². The third kappa shape index (κ3) is 3.99. The van der Waals surface area contributed by atoms with E-state index in [9.17, 15) is 9.18 Å². The number of hydrogen-bond acceptors (Lipinski definition) is 4. The molecule has 0 spiro atoms. The van der Waals surface area contributed by atoms with E-state index in [1.807, 2.05) is 6.92 Å². The third-order valence-corrected chi connectivity index (χ3v) is 3.29. The van der Waals surface area contributed by atoms with E-state index in [2.05, 4.69) is 9.88 Å². The maximum absolute atomic E-state index is 13.1. The molecule has 5 heteroatoms. The Morgan fingerprint density at radius 2 is 2.42 bits per heavy atom. The SMILES string of the molecule is CCOC(=O)[C@H]1CCCN(Cc2cncc(F)c2)C1. The summed E-state index contributed by atoms with van der Waals surface area (Å²) in [6.07, 6.45) is 4.70. The number of aromatic nitrogens is 1. The molecule has 1 saturated heterocycles. The molecule has 1 atom stereocenters. The summed E-state index contributed by atoms with van der Waals surface area (Å²) < 4.78 is 18.1. The van der Waals surface area contributed by atoms with Crippen LogP contribution in [0, 0.1) is 11.7 Å². The largest absolute Gasteiger partial charge is 0.466 e. The molecule has 0 amide bonds. The van der Waals surface area contributed by atoms with Gasteiger partial charge in [-0.2, -0.15) is 0 Å². The molecule has 1 aromatic rings. The molecule has 0 N–H and O–H groups in total. The molecule has 0 aromatic carbocycles. The molecule has 104 valence electrons. The smallest absolute Gasteiger partial charge is 0.310 e. The number of piperidine rings is 1. The van der Waals surface area contributed by atoms with Gasteiger partial charge in [-0.15, -0.1) is 0 Å². The van der Waals surface area contributed by atoms with Crippen LogP contribution in [0.3, 0.4) is 0 Å². The van der Waals surface area contributed by atoms with Gasteiger partial charge in [-0.3, -0.25) is 14.7 Å². The van der Waals surface area contributed by atoms with Gasteiger partial charge in [0.1, 0.15) is 5.82 Å². The number of likely N-dealkylation sites (tertiary alicyclic amines) is 1. The van der Waals surface area contributed by atoms with Gasteiger partial charge in [0.25, 0.3) is 0 Å². The zero-order chi connectivity index (χ0) is 13.7. The highest BCUT2D eigenvalue weighted by Gasteiger charge is 2.26. The molecule has 1 aliphatic rings. The number of halogens is 1. The minimum absolute atomic E-state index is 0.0600. The van der Waals surface area contributed by atoms with Crippen molar-refractivity contribution in [3.8, 4) is 0 Å². The monoisotopic (exact) mass is 266 g/mol. The van der Waals surface area contributed by atoms with Crippen molar-refractivity contribution >= 4 is 5.97 Å². The Hall–Kier alpha value is -1.49. The Kier molecular flexibility index (Phi) is 4.85. The van der Waals surface area contributed by atoms with Gasteiger partial charge in [-0.1, -0.05) is 0 Å². The standard InChI is InChI=1S/C14H19FN2O2/c1-2-19-14(18)12-4-3-5-17(10-12)9-11-6-13(15)8-16-7-11/h6-8,12H,2-5,9-10H2,1H3/t12-/m0/s1. The van der Waals surface area contributed by atoms with Crippen molar-refractivity contribution in [1.29, 1.82) is 0 Å². The second-order valence-corrected chi connectivity index (χ2v) is 4.84. The number of carbonyl (C=O) groups excluding carboxylic acids is 1. The van der Waals surface area contributed by atoms with Gasteiger partial charge in [0, 0.05) is 19.3 Å². The van der Waals surface area contributed by atoms with E-state index in [0.717, 1.165) is 24.9 Å². The van der Waals surface area contributed by atoms with Crippen LogP contribution < -0.4 is 0 Å². The lowest BCUT2D eigenvalue weighted by Crippen LogP contribution is -2.38. The molecule has 1 aliphatic heterocycles. The van der Waals surface area contributed by atoms with Crippen molar-refractivity contribution < 1.29 is 13.9 Å². The Labute approximate surface area is 112 Å². The number of rotatable bonds is 4. The van der Waals surface area contributed by atoms with E-state index < -0.39 is 0 Å². The van der Waals surface area contributed by atoms with E-state index in [1.165, 1.54) is 12.3 Å². The lowest BCUT2D eigenvalue weighted by Gasteiger charge is -2.31. The van der Waals surface area contributed by atoms with Crippen molar-refractivity contribution in [2.24, 2.45) is 5.92 Å². The third-order valence-electron chi connectivity index (χ3n) is 3.29. The van der Waals surface area contributed by atoms with Crippen molar-refractivity contribution in [3.63, 3.8) is 0 Å². The second kappa shape index (κ2) is 6.61. The van der Waals surface area contributed by atoms with E-state index in [-0.39, 0.29) is 17.7 Å². The van der Waals surface area contributed by atoms with Crippen LogP contribution in [0.2, 0.25) is 0 Å². The normalized spacial score (nSPS) is 20.2. The topological polar surface area (TPSA) is 42.4 Å². The van der Waals surface area contributed by atoms with Crippen LogP contribution in [0.15, 0.2) is 18.5 Å². The first-order chi connectivity index (χ1) is 9.19. The quantitative estimate of drug-likeness (QED) is 0.782. The first-order valence-corrected chi connectivity index (χ1v) is 6.67. The number of ether oxygens (including phenoxy) is 1. The van der Waals surface area contributed by atoms with Gasteiger partial charge in [0.05, 0.1) is 18.7 Å². The minimum atomic E-state index is -0.323. The van der Waals surface area contributed by atoms with Crippen LogP contribution in [0.4, 0.5) is 4.39 Å². The predicted molar refractivity (Wildman–Crippen MR) is 68.8 cm³/mol. The molecule has 0 bridgehead atoms. The molecule has 1 aromatic heterocycles. The number of hydrogen-bond donors (Lipinski definition) is 0. The van der Waals surface area contributed by atoms with Crippen molar-refractivity contribution in [2.45, 2.75) is 26.3 Å². The summed E-state index contributed by atoms with van der Waals surface area (Å²) >= 11 is 0. The zero-order valence-corrected chi connectivity index (χ0v) is 11.1. The van der Waals surface area contributed by atoms with E-state index in [4.69, 9.17) is 4.74 Å². The highest BCUT2D eigenvalue weighted by molar-refractivity contribution is 5.72. The van der Waals surface area contributed by atoms with E-state index >= 15 is 0 Å². The van der Waals surface area contributed by atoms with Crippen molar-refractivity contribution in [3.05, 3.63) is 29.8 Å². The molecular weight excluding hydrogens is 247 g/mol. The molecule has 0 aliphatic carbocycles. The summed E-state index contributed by atoms with van der Waals surface area (Å²) in [6, 6.07) is 1.49. The number of pyridine rings is 1. The highest BCUT2D eigenvalue weighted by Crippen LogP contribution is 2.19.